The fraction of sp³-hybridized carbons (Fsp3) is 0.267. The van der Waals surface area contributed by atoms with Crippen LogP contribution in [0.25, 0.3) is 0 Å². The van der Waals surface area contributed by atoms with Gasteiger partial charge in [-0.1, -0.05) is 47.1 Å². The highest BCUT2D eigenvalue weighted by Crippen LogP contribution is 2.22. The van der Waals surface area contributed by atoms with E-state index in [0.717, 1.165) is 22.0 Å². The summed E-state index contributed by atoms with van der Waals surface area (Å²) in [6.45, 7) is 10.8. The van der Waals surface area contributed by atoms with Crippen LogP contribution in [0.15, 0.2) is 48.0 Å². The van der Waals surface area contributed by atoms with Gasteiger partial charge in [-0.15, -0.1) is 13.2 Å². The smallest absolute Gasteiger partial charge is 0.162 e. The number of carbonyl (C=O) groups excluding carboxylic acids is 1. The average molecular weight is 295 g/mol. The number of benzene rings is 1. The van der Waals surface area contributed by atoms with Crippen LogP contribution in [0, 0.1) is 0 Å². The third-order valence-corrected chi connectivity index (χ3v) is 2.83. The molecule has 0 aromatic heterocycles. The summed E-state index contributed by atoms with van der Waals surface area (Å²) in [6.07, 6.45) is 4.83. The fourth-order valence-electron chi connectivity index (χ4n) is 1.36. The summed E-state index contributed by atoms with van der Waals surface area (Å²) in [5.41, 5.74) is 1.84. The molecule has 0 atom stereocenters. The Kier molecular flexibility index (Phi) is 8.34. The van der Waals surface area contributed by atoms with Crippen molar-refractivity contribution >= 4 is 21.7 Å². The molecule has 17 heavy (non-hydrogen) atoms. The van der Waals surface area contributed by atoms with Crippen LogP contribution in [0.4, 0.5) is 0 Å². The molecule has 0 bridgehead atoms. The van der Waals surface area contributed by atoms with Gasteiger partial charge in [0, 0.05) is 16.5 Å². The normalized spacial score (nSPS) is 8.88. The van der Waals surface area contributed by atoms with Crippen LogP contribution in [0.1, 0.15) is 36.2 Å². The summed E-state index contributed by atoms with van der Waals surface area (Å²) < 4.78 is 0.983. The molecule has 1 aromatic rings. The van der Waals surface area contributed by atoms with Gasteiger partial charge >= 0.3 is 0 Å². The van der Waals surface area contributed by atoms with Crippen molar-refractivity contribution in [1.82, 2.24) is 0 Å². The first-order chi connectivity index (χ1) is 8.12. The van der Waals surface area contributed by atoms with Crippen molar-refractivity contribution < 1.29 is 4.79 Å². The van der Waals surface area contributed by atoms with E-state index in [-0.39, 0.29) is 5.78 Å². The summed E-state index contributed by atoms with van der Waals surface area (Å²) in [6, 6.07) is 5.71. The minimum absolute atomic E-state index is 0.183. The summed E-state index contributed by atoms with van der Waals surface area (Å²) in [7, 11) is 0. The third kappa shape index (κ3) is 5.14. The number of hydrogen-bond donors (Lipinski definition) is 0. The predicted molar refractivity (Wildman–Crippen MR) is 78.5 cm³/mol. The maximum atomic E-state index is 11.6. The molecule has 0 N–H and O–H groups in total. The zero-order valence-electron chi connectivity index (χ0n) is 10.5. The van der Waals surface area contributed by atoms with E-state index in [1.54, 1.807) is 6.08 Å². The van der Waals surface area contributed by atoms with Gasteiger partial charge in [-0.3, -0.25) is 4.79 Å². The highest BCUT2D eigenvalue weighted by atomic mass is 79.9. The van der Waals surface area contributed by atoms with Crippen molar-refractivity contribution in [1.29, 1.82) is 0 Å². The predicted octanol–water partition coefficient (Wildman–Crippen LogP) is 4.96. The van der Waals surface area contributed by atoms with Crippen molar-refractivity contribution in [3.63, 3.8) is 0 Å². The zero-order chi connectivity index (χ0) is 13.3. The molecule has 0 aliphatic heterocycles. The number of carbonyl (C=O) groups is 1. The van der Waals surface area contributed by atoms with Crippen LogP contribution >= 0.6 is 15.9 Å². The Morgan fingerprint density at radius 1 is 1.41 bits per heavy atom. The lowest BCUT2D eigenvalue weighted by Crippen LogP contribution is -2.02. The first-order valence-corrected chi connectivity index (χ1v) is 6.40. The van der Waals surface area contributed by atoms with Crippen molar-refractivity contribution in [2.75, 3.05) is 0 Å². The van der Waals surface area contributed by atoms with Gasteiger partial charge in [-0.2, -0.15) is 0 Å². The first-order valence-electron chi connectivity index (χ1n) is 5.60. The monoisotopic (exact) mass is 294 g/mol. The lowest BCUT2D eigenvalue weighted by atomic mass is 10.00. The van der Waals surface area contributed by atoms with E-state index in [2.05, 4.69) is 29.1 Å². The summed E-state index contributed by atoms with van der Waals surface area (Å²) >= 11 is 3.45. The van der Waals surface area contributed by atoms with Crippen LogP contribution in [-0.4, -0.2) is 5.78 Å². The van der Waals surface area contributed by atoms with E-state index in [4.69, 9.17) is 0 Å². The molecular weight excluding hydrogens is 276 g/mol. The molecule has 0 fully saturated rings. The Bertz CT molecular complexity index is 394. The van der Waals surface area contributed by atoms with Crippen molar-refractivity contribution in [2.45, 2.75) is 26.7 Å². The topological polar surface area (TPSA) is 17.1 Å². The Hall–Kier alpha value is -1.15. The number of rotatable bonds is 4. The molecule has 0 radical (unpaired) electrons. The molecule has 1 rings (SSSR count). The van der Waals surface area contributed by atoms with Gasteiger partial charge < -0.3 is 0 Å². The Morgan fingerprint density at radius 2 is 2.00 bits per heavy atom. The van der Waals surface area contributed by atoms with Gasteiger partial charge in [-0.05, 0) is 25.0 Å². The van der Waals surface area contributed by atoms with Gasteiger partial charge in [0.15, 0.2) is 5.78 Å². The van der Waals surface area contributed by atoms with E-state index < -0.39 is 0 Å². The van der Waals surface area contributed by atoms with Gasteiger partial charge in [0.05, 0.1) is 0 Å². The highest BCUT2D eigenvalue weighted by molar-refractivity contribution is 9.10. The molecule has 0 aliphatic carbocycles. The standard InChI is InChI=1S/C12H13BrO.C3H6/c1-3-6-9-10(12(14)4-2)7-5-8-11(9)13;1-3-2/h3,5,7-8H,1,4,6H2,2H3;3H,1H2,2H3. The fourth-order valence-corrected chi connectivity index (χ4v) is 1.89. The molecule has 2 heteroatoms. The summed E-state index contributed by atoms with van der Waals surface area (Å²) in [5, 5.41) is 0. The summed E-state index contributed by atoms with van der Waals surface area (Å²) in [4.78, 5) is 11.6. The maximum absolute atomic E-state index is 11.6. The number of allylic oxidation sites excluding steroid dienone is 2. The Labute approximate surface area is 112 Å². The number of halogens is 1. The molecule has 0 heterocycles. The minimum Gasteiger partial charge on any atom is -0.294 e. The molecule has 1 aromatic carbocycles. The van der Waals surface area contributed by atoms with Crippen LogP contribution < -0.4 is 0 Å². The van der Waals surface area contributed by atoms with E-state index in [1.165, 1.54) is 0 Å². The van der Waals surface area contributed by atoms with Crippen molar-refractivity contribution in [3.05, 3.63) is 59.1 Å². The lowest BCUT2D eigenvalue weighted by Gasteiger charge is -2.07. The molecule has 0 aliphatic rings. The van der Waals surface area contributed by atoms with Crippen LogP contribution in [0.2, 0.25) is 0 Å². The number of Topliss-reactive ketones (excluding diaryl/α,β-unsaturated/α-hetero) is 1. The third-order valence-electron chi connectivity index (χ3n) is 2.09. The quantitative estimate of drug-likeness (QED) is 0.566. The SMILES string of the molecule is C=CC.C=CCc1c(Br)cccc1C(=O)CC. The molecule has 0 saturated heterocycles. The average Bonchev–Trinajstić information content (AvgIpc) is 2.32. The number of hydrogen-bond acceptors (Lipinski definition) is 1. The minimum atomic E-state index is 0.183. The maximum Gasteiger partial charge on any atom is 0.162 e. The largest absolute Gasteiger partial charge is 0.294 e. The Morgan fingerprint density at radius 3 is 2.47 bits per heavy atom. The molecule has 1 nitrogen and oxygen atoms in total. The van der Waals surface area contributed by atoms with Gasteiger partial charge in [-0.25, -0.2) is 0 Å². The molecule has 92 valence electrons. The van der Waals surface area contributed by atoms with Gasteiger partial charge in [0.2, 0.25) is 0 Å². The van der Waals surface area contributed by atoms with Crippen LogP contribution in [-0.2, 0) is 6.42 Å². The highest BCUT2D eigenvalue weighted by Gasteiger charge is 2.10. The van der Waals surface area contributed by atoms with Crippen LogP contribution in [0.5, 0.6) is 0 Å². The molecule has 0 amide bonds. The molecule has 0 spiro atoms. The van der Waals surface area contributed by atoms with Crippen molar-refractivity contribution in [2.24, 2.45) is 0 Å². The molecular formula is C15H19BrO. The number of ketones is 1. The molecule has 0 unspecified atom stereocenters. The molecule has 0 saturated carbocycles. The second-order valence-corrected chi connectivity index (χ2v) is 4.30. The van der Waals surface area contributed by atoms with Gasteiger partial charge in [0.25, 0.3) is 0 Å². The van der Waals surface area contributed by atoms with E-state index in [1.807, 2.05) is 38.1 Å². The summed E-state index contributed by atoms with van der Waals surface area (Å²) in [5.74, 6) is 0.183. The van der Waals surface area contributed by atoms with E-state index >= 15 is 0 Å². The zero-order valence-corrected chi connectivity index (χ0v) is 12.1. The first kappa shape index (κ1) is 15.9. The van der Waals surface area contributed by atoms with E-state index in [0.29, 0.717) is 6.42 Å². The van der Waals surface area contributed by atoms with E-state index in [9.17, 15) is 4.79 Å². The second kappa shape index (κ2) is 8.94. The van der Waals surface area contributed by atoms with Crippen molar-refractivity contribution in [3.8, 4) is 0 Å². The van der Waals surface area contributed by atoms with Gasteiger partial charge in [0.1, 0.15) is 0 Å². The Balaban J connectivity index is 0.000000770. The second-order valence-electron chi connectivity index (χ2n) is 3.44. The lowest BCUT2D eigenvalue weighted by molar-refractivity contribution is 0.0987. The van der Waals surface area contributed by atoms with Crippen LogP contribution in [0.3, 0.4) is 0 Å².